The zero-order valence-electron chi connectivity index (χ0n) is 10.5. The number of rotatable bonds is 4. The predicted octanol–water partition coefficient (Wildman–Crippen LogP) is 3.39. The molecule has 0 atom stereocenters. The third-order valence-electron chi connectivity index (χ3n) is 2.60. The SMILES string of the molecule is O=S(=O)(Nc1cccc(Cl)c1)c1ccc(-c2ccno2)o1. The van der Waals surface area contributed by atoms with Crippen molar-refractivity contribution < 1.29 is 17.4 Å². The molecule has 3 aromatic rings. The van der Waals surface area contributed by atoms with Gasteiger partial charge in [0, 0.05) is 11.1 Å². The summed E-state index contributed by atoms with van der Waals surface area (Å²) in [4.78, 5) is 0. The van der Waals surface area contributed by atoms with Crippen LogP contribution in [0.25, 0.3) is 11.5 Å². The lowest BCUT2D eigenvalue weighted by molar-refractivity contribution is 0.401. The highest BCUT2D eigenvalue weighted by Crippen LogP contribution is 2.26. The maximum absolute atomic E-state index is 12.2. The average Bonchev–Trinajstić information content (AvgIpc) is 3.10. The van der Waals surface area contributed by atoms with Crippen LogP contribution in [0.2, 0.25) is 5.02 Å². The molecule has 0 bridgehead atoms. The van der Waals surface area contributed by atoms with Gasteiger partial charge in [-0.1, -0.05) is 22.8 Å². The van der Waals surface area contributed by atoms with E-state index in [0.29, 0.717) is 16.5 Å². The summed E-state index contributed by atoms with van der Waals surface area (Å²) in [6.07, 6.45) is 1.44. The highest BCUT2D eigenvalue weighted by molar-refractivity contribution is 7.92. The van der Waals surface area contributed by atoms with Gasteiger partial charge < -0.3 is 8.94 Å². The molecule has 1 aromatic carbocycles. The highest BCUT2D eigenvalue weighted by atomic mass is 35.5. The monoisotopic (exact) mass is 324 g/mol. The van der Waals surface area contributed by atoms with Gasteiger partial charge >= 0.3 is 0 Å². The van der Waals surface area contributed by atoms with Crippen LogP contribution in [0.1, 0.15) is 0 Å². The van der Waals surface area contributed by atoms with Crippen LogP contribution in [-0.2, 0) is 10.0 Å². The Bertz CT molecular complexity index is 856. The predicted molar refractivity (Wildman–Crippen MR) is 76.5 cm³/mol. The first-order valence-corrected chi connectivity index (χ1v) is 7.70. The Morgan fingerprint density at radius 2 is 1.95 bits per heavy atom. The molecule has 2 aromatic heterocycles. The lowest BCUT2D eigenvalue weighted by atomic mass is 10.3. The number of benzene rings is 1. The molecule has 6 nitrogen and oxygen atoms in total. The van der Waals surface area contributed by atoms with E-state index in [4.69, 9.17) is 20.5 Å². The van der Waals surface area contributed by atoms with Crippen molar-refractivity contribution in [3.8, 4) is 11.5 Å². The second-order valence-corrected chi connectivity index (χ2v) is 6.16. The van der Waals surface area contributed by atoms with Crippen LogP contribution >= 0.6 is 11.6 Å². The van der Waals surface area contributed by atoms with Crippen LogP contribution in [0.15, 0.2) is 62.7 Å². The summed E-state index contributed by atoms with van der Waals surface area (Å²) in [5, 5.41) is 3.73. The maximum Gasteiger partial charge on any atom is 0.295 e. The molecule has 0 radical (unpaired) electrons. The fourth-order valence-electron chi connectivity index (χ4n) is 1.70. The van der Waals surface area contributed by atoms with Crippen molar-refractivity contribution in [3.63, 3.8) is 0 Å². The molecule has 0 aliphatic heterocycles. The number of furan rings is 1. The largest absolute Gasteiger partial charge is 0.439 e. The van der Waals surface area contributed by atoms with E-state index in [1.807, 2.05) is 0 Å². The first kappa shape index (κ1) is 13.7. The second-order valence-electron chi connectivity index (χ2n) is 4.11. The minimum absolute atomic E-state index is 0.228. The summed E-state index contributed by atoms with van der Waals surface area (Å²) in [7, 11) is -3.84. The molecule has 0 saturated carbocycles. The zero-order chi connectivity index (χ0) is 14.9. The van der Waals surface area contributed by atoms with Gasteiger partial charge in [-0.15, -0.1) is 0 Å². The van der Waals surface area contributed by atoms with Gasteiger partial charge in [0.25, 0.3) is 10.0 Å². The molecule has 8 heteroatoms. The van der Waals surface area contributed by atoms with E-state index < -0.39 is 10.0 Å². The third kappa shape index (κ3) is 2.93. The van der Waals surface area contributed by atoms with E-state index in [1.165, 1.54) is 24.4 Å². The summed E-state index contributed by atoms with van der Waals surface area (Å²) in [5.41, 5.74) is 0.347. The van der Waals surface area contributed by atoms with Crippen molar-refractivity contribution in [1.82, 2.24) is 5.16 Å². The zero-order valence-corrected chi connectivity index (χ0v) is 12.1. The topological polar surface area (TPSA) is 85.3 Å². The van der Waals surface area contributed by atoms with Gasteiger partial charge in [0.1, 0.15) is 0 Å². The third-order valence-corrected chi connectivity index (χ3v) is 4.09. The smallest absolute Gasteiger partial charge is 0.295 e. The van der Waals surface area contributed by atoms with Crippen LogP contribution in [0.5, 0.6) is 0 Å². The second kappa shape index (κ2) is 5.27. The number of sulfonamides is 1. The quantitative estimate of drug-likeness (QED) is 0.795. The van der Waals surface area contributed by atoms with E-state index in [-0.39, 0.29) is 10.9 Å². The number of aromatic nitrogens is 1. The molecule has 0 fully saturated rings. The Hall–Kier alpha value is -2.25. The number of anilines is 1. The fraction of sp³-hybridized carbons (Fsp3) is 0. The first-order chi connectivity index (χ1) is 10.0. The van der Waals surface area contributed by atoms with Crippen molar-refractivity contribution in [1.29, 1.82) is 0 Å². The molecular weight excluding hydrogens is 316 g/mol. The lowest BCUT2D eigenvalue weighted by Gasteiger charge is -2.05. The Labute approximate surface area is 125 Å². The lowest BCUT2D eigenvalue weighted by Crippen LogP contribution is -2.11. The molecule has 3 rings (SSSR count). The van der Waals surface area contributed by atoms with E-state index in [9.17, 15) is 8.42 Å². The average molecular weight is 325 g/mol. The Kier molecular flexibility index (Phi) is 3.44. The van der Waals surface area contributed by atoms with Crippen LogP contribution in [0.4, 0.5) is 5.69 Å². The van der Waals surface area contributed by atoms with E-state index >= 15 is 0 Å². The number of nitrogens with zero attached hydrogens (tertiary/aromatic N) is 1. The maximum atomic E-state index is 12.2. The minimum atomic E-state index is -3.84. The van der Waals surface area contributed by atoms with Crippen molar-refractivity contribution in [2.24, 2.45) is 0 Å². The van der Waals surface area contributed by atoms with Crippen LogP contribution < -0.4 is 4.72 Å². The number of nitrogens with one attached hydrogen (secondary N) is 1. The molecule has 0 aliphatic rings. The normalized spacial score (nSPS) is 11.5. The van der Waals surface area contributed by atoms with Gasteiger partial charge in [-0.05, 0) is 30.3 Å². The van der Waals surface area contributed by atoms with Crippen molar-refractivity contribution in [2.75, 3.05) is 4.72 Å². The number of hydrogen-bond acceptors (Lipinski definition) is 5. The van der Waals surface area contributed by atoms with Gasteiger partial charge in [0.15, 0.2) is 5.76 Å². The van der Waals surface area contributed by atoms with Gasteiger partial charge in [-0.3, -0.25) is 4.72 Å². The molecular formula is C13H9ClN2O4S. The van der Waals surface area contributed by atoms with Crippen molar-refractivity contribution >= 4 is 27.3 Å². The fourth-order valence-corrected chi connectivity index (χ4v) is 2.87. The summed E-state index contributed by atoms with van der Waals surface area (Å²) < 4.78 is 37.0. The van der Waals surface area contributed by atoms with Crippen molar-refractivity contribution in [3.05, 3.63) is 53.7 Å². The Morgan fingerprint density at radius 3 is 2.67 bits per heavy atom. The standard InChI is InChI=1S/C13H9ClN2O4S/c14-9-2-1-3-10(8-9)16-21(17,18)13-5-4-11(19-13)12-6-7-15-20-12/h1-8,16H. The molecule has 2 heterocycles. The number of hydrogen-bond donors (Lipinski definition) is 1. The summed E-state index contributed by atoms with van der Waals surface area (Å²) in [6, 6.07) is 10.8. The highest BCUT2D eigenvalue weighted by Gasteiger charge is 2.20. The van der Waals surface area contributed by atoms with Crippen LogP contribution in [0, 0.1) is 0 Å². The van der Waals surface area contributed by atoms with Crippen LogP contribution in [0.3, 0.4) is 0 Å². The van der Waals surface area contributed by atoms with Crippen LogP contribution in [-0.4, -0.2) is 13.6 Å². The molecule has 0 unspecified atom stereocenters. The van der Waals surface area contributed by atoms with E-state index in [1.54, 1.807) is 24.3 Å². The number of halogens is 1. The van der Waals surface area contributed by atoms with Gasteiger partial charge in [-0.25, -0.2) is 0 Å². The molecule has 21 heavy (non-hydrogen) atoms. The van der Waals surface area contributed by atoms with Gasteiger partial charge in [0.2, 0.25) is 10.9 Å². The van der Waals surface area contributed by atoms with Crippen molar-refractivity contribution in [2.45, 2.75) is 5.09 Å². The molecule has 0 saturated heterocycles. The minimum Gasteiger partial charge on any atom is -0.439 e. The molecule has 0 amide bonds. The summed E-state index contributed by atoms with van der Waals surface area (Å²) >= 11 is 5.81. The molecule has 0 spiro atoms. The molecule has 1 N–H and O–H groups in total. The first-order valence-electron chi connectivity index (χ1n) is 5.84. The summed E-state index contributed by atoms with van der Waals surface area (Å²) in [6.45, 7) is 0. The molecule has 108 valence electrons. The Balaban J connectivity index is 1.89. The van der Waals surface area contributed by atoms with Gasteiger partial charge in [-0.2, -0.15) is 8.42 Å². The van der Waals surface area contributed by atoms with E-state index in [0.717, 1.165) is 0 Å². The molecule has 0 aliphatic carbocycles. The van der Waals surface area contributed by atoms with E-state index in [2.05, 4.69) is 9.88 Å². The van der Waals surface area contributed by atoms with Gasteiger partial charge in [0.05, 0.1) is 11.9 Å². The Morgan fingerprint density at radius 1 is 1.10 bits per heavy atom. The summed E-state index contributed by atoms with van der Waals surface area (Å²) in [5.74, 6) is 0.623.